The smallest absolute Gasteiger partial charge is 0.321 e. The Morgan fingerprint density at radius 3 is 2.69 bits per heavy atom. The van der Waals surface area contributed by atoms with E-state index in [-0.39, 0.29) is 6.54 Å². The van der Waals surface area contributed by atoms with E-state index in [0.29, 0.717) is 37.3 Å². The van der Waals surface area contributed by atoms with Crippen LogP contribution in [0.25, 0.3) is 21.9 Å². The first kappa shape index (κ1) is 23.1. The molecule has 10 heteroatoms. The normalized spacial score (nSPS) is 17.5. The maximum absolute atomic E-state index is 12.6. The van der Waals surface area contributed by atoms with Crippen LogP contribution in [0, 0.1) is 0 Å². The highest BCUT2D eigenvalue weighted by atomic mass is 19.4. The Hall–Kier alpha value is -3.27. The lowest BCUT2D eigenvalue weighted by Gasteiger charge is -2.28. The molecule has 0 amide bonds. The first-order valence-corrected chi connectivity index (χ1v) is 12.6. The fourth-order valence-electron chi connectivity index (χ4n) is 5.57. The van der Waals surface area contributed by atoms with Gasteiger partial charge in [-0.3, -0.25) is 9.88 Å². The number of hydrogen-bond acceptors (Lipinski definition) is 6. The number of pyridine rings is 2. The van der Waals surface area contributed by atoms with Crippen LogP contribution < -0.4 is 5.32 Å². The predicted molar refractivity (Wildman–Crippen MR) is 132 cm³/mol. The minimum Gasteiger partial charge on any atom is -0.321 e. The van der Waals surface area contributed by atoms with Gasteiger partial charge in [-0.2, -0.15) is 18.2 Å². The van der Waals surface area contributed by atoms with Gasteiger partial charge in [-0.15, -0.1) is 0 Å². The highest BCUT2D eigenvalue weighted by Gasteiger charge is 2.29. The molecule has 6 rings (SSSR count). The van der Waals surface area contributed by atoms with Crippen LogP contribution in [0.2, 0.25) is 0 Å². The largest absolute Gasteiger partial charge is 0.390 e. The van der Waals surface area contributed by atoms with Crippen LogP contribution in [0.15, 0.2) is 36.8 Å². The summed E-state index contributed by atoms with van der Waals surface area (Å²) in [5, 5.41) is 5.38. The van der Waals surface area contributed by atoms with Crippen molar-refractivity contribution in [2.45, 2.75) is 63.7 Å². The standard InChI is InChI=1S/C26H28F3N7/c27-26(28,29)10-13-35-12-9-21-17(16-35)6-7-23(32-21)33-25-31-14-20-19-8-11-30-15-22(19)36(24(20)34-25)18-4-2-1-3-5-18/h6-8,11,14-15,18H,1-5,9-10,12-13,16H2,(H,31,32,33,34). The van der Waals surface area contributed by atoms with Gasteiger partial charge in [0.15, 0.2) is 0 Å². The van der Waals surface area contributed by atoms with Gasteiger partial charge in [0.1, 0.15) is 11.5 Å². The second kappa shape index (κ2) is 9.31. The maximum Gasteiger partial charge on any atom is 0.390 e. The summed E-state index contributed by atoms with van der Waals surface area (Å²) in [5.41, 5.74) is 3.87. The summed E-state index contributed by atoms with van der Waals surface area (Å²) in [7, 11) is 0. The number of aromatic nitrogens is 5. The fraction of sp³-hybridized carbons (Fsp3) is 0.462. The lowest BCUT2D eigenvalue weighted by Crippen LogP contribution is -2.33. The van der Waals surface area contributed by atoms with Crippen molar-refractivity contribution in [1.29, 1.82) is 0 Å². The van der Waals surface area contributed by atoms with Gasteiger partial charge in [-0.25, -0.2) is 9.97 Å². The zero-order chi connectivity index (χ0) is 24.7. The van der Waals surface area contributed by atoms with Crippen LogP contribution in [0.1, 0.15) is 55.8 Å². The Morgan fingerprint density at radius 2 is 1.86 bits per heavy atom. The van der Waals surface area contributed by atoms with E-state index >= 15 is 0 Å². The van der Waals surface area contributed by atoms with Crippen molar-refractivity contribution in [3.8, 4) is 0 Å². The number of nitrogens with one attached hydrogen (secondary N) is 1. The van der Waals surface area contributed by atoms with Crippen LogP contribution >= 0.6 is 0 Å². The third kappa shape index (κ3) is 4.61. The summed E-state index contributed by atoms with van der Waals surface area (Å²) >= 11 is 0. The SMILES string of the molecule is FC(F)(F)CCN1CCc2nc(Nc3ncc4c5ccncc5n(C5CCCCC5)c4n3)ccc2C1. The monoisotopic (exact) mass is 495 g/mol. The Bertz CT molecular complexity index is 1390. The van der Waals surface area contributed by atoms with E-state index in [1.165, 1.54) is 19.3 Å². The molecule has 1 saturated carbocycles. The minimum absolute atomic E-state index is 0.0152. The van der Waals surface area contributed by atoms with E-state index in [4.69, 9.17) is 9.97 Å². The van der Waals surface area contributed by atoms with Crippen molar-refractivity contribution < 1.29 is 13.2 Å². The van der Waals surface area contributed by atoms with E-state index in [0.717, 1.165) is 46.0 Å². The van der Waals surface area contributed by atoms with E-state index in [1.54, 1.807) is 6.20 Å². The van der Waals surface area contributed by atoms with Gasteiger partial charge >= 0.3 is 6.18 Å². The molecular formula is C26H28F3N7. The average molecular weight is 496 g/mol. The van der Waals surface area contributed by atoms with Crippen LogP contribution in [0.3, 0.4) is 0 Å². The van der Waals surface area contributed by atoms with Crippen molar-refractivity contribution in [2.24, 2.45) is 0 Å². The molecule has 0 spiro atoms. The van der Waals surface area contributed by atoms with Crippen molar-refractivity contribution in [1.82, 2.24) is 29.4 Å². The predicted octanol–water partition coefficient (Wildman–Crippen LogP) is 5.93. The van der Waals surface area contributed by atoms with Gasteiger partial charge in [0.2, 0.25) is 5.95 Å². The Balaban J connectivity index is 1.26. The maximum atomic E-state index is 12.6. The molecule has 1 fully saturated rings. The molecule has 4 aromatic rings. The summed E-state index contributed by atoms with van der Waals surface area (Å²) in [6.45, 7) is 1.06. The molecule has 0 aromatic carbocycles. The first-order chi connectivity index (χ1) is 17.4. The Kier molecular flexibility index (Phi) is 5.99. The van der Waals surface area contributed by atoms with Gasteiger partial charge in [-0.1, -0.05) is 25.3 Å². The molecule has 0 atom stereocenters. The molecule has 4 aromatic heterocycles. The van der Waals surface area contributed by atoms with Crippen LogP contribution in [0.5, 0.6) is 0 Å². The van der Waals surface area contributed by atoms with Gasteiger partial charge in [-0.05, 0) is 30.5 Å². The highest BCUT2D eigenvalue weighted by Crippen LogP contribution is 2.36. The fourth-order valence-corrected chi connectivity index (χ4v) is 5.57. The van der Waals surface area contributed by atoms with Crippen molar-refractivity contribution in [3.05, 3.63) is 48.0 Å². The van der Waals surface area contributed by atoms with Gasteiger partial charge in [0, 0.05) is 61.0 Å². The number of rotatable bonds is 5. The van der Waals surface area contributed by atoms with Gasteiger partial charge in [0.25, 0.3) is 0 Å². The third-order valence-electron chi connectivity index (χ3n) is 7.37. The summed E-state index contributed by atoms with van der Waals surface area (Å²) in [6.07, 6.45) is 7.26. The number of anilines is 2. The zero-order valence-corrected chi connectivity index (χ0v) is 19.9. The molecule has 36 heavy (non-hydrogen) atoms. The lowest BCUT2D eigenvalue weighted by molar-refractivity contribution is -0.138. The van der Waals surface area contributed by atoms with E-state index in [1.807, 2.05) is 35.5 Å². The Labute approximate surface area is 206 Å². The van der Waals surface area contributed by atoms with Crippen molar-refractivity contribution in [3.63, 3.8) is 0 Å². The molecule has 1 aliphatic heterocycles. The molecule has 1 aliphatic carbocycles. The van der Waals surface area contributed by atoms with Crippen molar-refractivity contribution in [2.75, 3.05) is 18.4 Å². The molecule has 188 valence electrons. The van der Waals surface area contributed by atoms with E-state index in [9.17, 15) is 13.2 Å². The molecule has 0 saturated heterocycles. The summed E-state index contributed by atoms with van der Waals surface area (Å²) in [6, 6.07) is 6.21. The second-order valence-electron chi connectivity index (χ2n) is 9.80. The van der Waals surface area contributed by atoms with Crippen LogP contribution in [-0.2, 0) is 13.0 Å². The van der Waals surface area contributed by atoms with Crippen LogP contribution in [-0.4, -0.2) is 48.7 Å². The molecule has 0 unspecified atom stereocenters. The van der Waals surface area contributed by atoms with Crippen LogP contribution in [0.4, 0.5) is 24.9 Å². The number of hydrogen-bond donors (Lipinski definition) is 1. The topological polar surface area (TPSA) is 71.8 Å². The zero-order valence-electron chi connectivity index (χ0n) is 19.9. The van der Waals surface area contributed by atoms with E-state index in [2.05, 4.69) is 19.9 Å². The number of halogens is 3. The van der Waals surface area contributed by atoms with E-state index < -0.39 is 12.6 Å². The van der Waals surface area contributed by atoms with Gasteiger partial charge < -0.3 is 9.88 Å². The van der Waals surface area contributed by atoms with Gasteiger partial charge in [0.05, 0.1) is 18.1 Å². The summed E-state index contributed by atoms with van der Waals surface area (Å²) < 4.78 is 40.1. The molecular weight excluding hydrogens is 467 g/mol. The lowest BCUT2D eigenvalue weighted by atomic mass is 9.95. The minimum atomic E-state index is -4.13. The molecule has 2 aliphatic rings. The molecule has 0 radical (unpaired) electrons. The second-order valence-corrected chi connectivity index (χ2v) is 9.80. The summed E-state index contributed by atoms with van der Waals surface area (Å²) in [4.78, 5) is 20.4. The molecule has 7 nitrogen and oxygen atoms in total. The third-order valence-corrected chi connectivity index (χ3v) is 7.37. The highest BCUT2D eigenvalue weighted by molar-refractivity contribution is 6.06. The number of nitrogens with zero attached hydrogens (tertiary/aromatic N) is 6. The molecule has 1 N–H and O–H groups in total. The molecule has 0 bridgehead atoms. The summed E-state index contributed by atoms with van der Waals surface area (Å²) in [5.74, 6) is 1.12. The quantitative estimate of drug-likeness (QED) is 0.370. The average Bonchev–Trinajstić information content (AvgIpc) is 3.21. The number of fused-ring (bicyclic) bond motifs is 4. The van der Waals surface area contributed by atoms with Crippen molar-refractivity contribution >= 4 is 33.7 Å². The molecule has 5 heterocycles. The first-order valence-electron chi connectivity index (χ1n) is 12.6. The Morgan fingerprint density at radius 1 is 1.00 bits per heavy atom. The number of alkyl halides is 3.